The van der Waals surface area contributed by atoms with Crippen molar-refractivity contribution in [2.75, 3.05) is 19.0 Å². The summed E-state index contributed by atoms with van der Waals surface area (Å²) in [5.41, 5.74) is 7.23. The second kappa shape index (κ2) is 7.11. The molecule has 0 bridgehead atoms. The molecule has 0 aliphatic heterocycles. The molecule has 3 N–H and O–H groups in total. The van der Waals surface area contributed by atoms with Crippen LogP contribution in [-0.4, -0.2) is 19.6 Å². The Bertz CT molecular complexity index is 617. The minimum Gasteiger partial charge on any atom is -0.495 e. The quantitative estimate of drug-likeness (QED) is 0.892. The number of anilines is 1. The number of amides is 1. The number of carbonyl (C=O) groups excluding carboxylic acids is 1. The highest BCUT2D eigenvalue weighted by Gasteiger charge is 2.19. The molecule has 1 unspecified atom stereocenters. The molecule has 0 radical (unpaired) electrons. The van der Waals surface area contributed by atoms with Crippen molar-refractivity contribution in [2.24, 2.45) is 5.73 Å². The molecule has 0 aliphatic carbocycles. The van der Waals surface area contributed by atoms with Crippen LogP contribution in [0.4, 0.5) is 5.69 Å². The summed E-state index contributed by atoms with van der Waals surface area (Å²) in [4.78, 5) is 12.3. The third kappa shape index (κ3) is 3.74. The maximum atomic E-state index is 12.3. The minimum absolute atomic E-state index is 0.162. The lowest BCUT2D eigenvalue weighted by atomic mass is 9.98. The number of hydrogen-bond acceptors (Lipinski definition) is 3. The van der Waals surface area contributed by atoms with Crippen LogP contribution in [0.25, 0.3) is 0 Å². The van der Waals surface area contributed by atoms with E-state index in [0.717, 1.165) is 5.56 Å². The summed E-state index contributed by atoms with van der Waals surface area (Å²) >= 11 is 6.04. The van der Waals surface area contributed by atoms with Crippen LogP contribution in [0.2, 0.25) is 5.02 Å². The molecule has 0 aromatic heterocycles. The highest BCUT2D eigenvalue weighted by molar-refractivity contribution is 6.32. The van der Waals surface area contributed by atoms with Gasteiger partial charge in [0.2, 0.25) is 5.91 Å². The van der Waals surface area contributed by atoms with Crippen LogP contribution in [0.15, 0.2) is 48.5 Å². The second-order valence-electron chi connectivity index (χ2n) is 4.54. The van der Waals surface area contributed by atoms with Gasteiger partial charge in [0.15, 0.2) is 0 Å². The fourth-order valence-corrected chi connectivity index (χ4v) is 2.31. The molecule has 21 heavy (non-hydrogen) atoms. The Labute approximate surface area is 128 Å². The first-order valence-corrected chi connectivity index (χ1v) is 6.93. The van der Waals surface area contributed by atoms with Gasteiger partial charge in [0.05, 0.1) is 18.1 Å². The van der Waals surface area contributed by atoms with Gasteiger partial charge in [-0.1, -0.05) is 41.9 Å². The van der Waals surface area contributed by atoms with Crippen molar-refractivity contribution >= 4 is 23.2 Å². The maximum Gasteiger partial charge on any atom is 0.233 e. The molecule has 0 aliphatic rings. The Balaban J connectivity index is 2.15. The molecule has 2 aromatic carbocycles. The number of ether oxygens (including phenoxy) is 1. The first-order valence-electron chi connectivity index (χ1n) is 6.55. The molecule has 0 saturated carbocycles. The van der Waals surface area contributed by atoms with E-state index in [-0.39, 0.29) is 12.5 Å². The van der Waals surface area contributed by atoms with Crippen molar-refractivity contribution in [1.29, 1.82) is 0 Å². The Kier molecular flexibility index (Phi) is 5.20. The van der Waals surface area contributed by atoms with E-state index in [1.54, 1.807) is 25.3 Å². The van der Waals surface area contributed by atoms with Gasteiger partial charge in [-0.25, -0.2) is 0 Å². The molecular weight excluding hydrogens is 288 g/mol. The lowest BCUT2D eigenvalue weighted by molar-refractivity contribution is -0.117. The average molecular weight is 305 g/mol. The van der Waals surface area contributed by atoms with E-state index < -0.39 is 5.92 Å². The van der Waals surface area contributed by atoms with Crippen molar-refractivity contribution in [3.8, 4) is 5.75 Å². The molecule has 2 rings (SSSR count). The van der Waals surface area contributed by atoms with Crippen molar-refractivity contribution in [2.45, 2.75) is 5.92 Å². The van der Waals surface area contributed by atoms with Crippen LogP contribution in [0.3, 0.4) is 0 Å². The molecule has 0 saturated heterocycles. The molecule has 0 spiro atoms. The first kappa shape index (κ1) is 15.4. The topological polar surface area (TPSA) is 64.3 Å². The predicted molar refractivity (Wildman–Crippen MR) is 84.9 cm³/mol. The summed E-state index contributed by atoms with van der Waals surface area (Å²) in [5.74, 6) is 0.00473. The van der Waals surface area contributed by atoms with Gasteiger partial charge in [-0.3, -0.25) is 4.79 Å². The number of benzene rings is 2. The molecule has 1 amide bonds. The van der Waals surface area contributed by atoms with Crippen molar-refractivity contribution in [1.82, 2.24) is 0 Å². The molecular formula is C16H17ClN2O2. The Morgan fingerprint density at radius 2 is 2.00 bits per heavy atom. The number of hydrogen-bond donors (Lipinski definition) is 2. The van der Waals surface area contributed by atoms with Gasteiger partial charge < -0.3 is 15.8 Å². The monoisotopic (exact) mass is 304 g/mol. The van der Waals surface area contributed by atoms with Gasteiger partial charge in [-0.05, 0) is 23.8 Å². The van der Waals surface area contributed by atoms with E-state index in [9.17, 15) is 4.79 Å². The van der Waals surface area contributed by atoms with Crippen LogP contribution in [0, 0.1) is 0 Å². The van der Waals surface area contributed by atoms with Crippen LogP contribution in [0.5, 0.6) is 5.75 Å². The average Bonchev–Trinajstić information content (AvgIpc) is 2.49. The fourth-order valence-electron chi connectivity index (χ4n) is 2.05. The number of halogens is 1. The minimum atomic E-state index is -0.396. The van der Waals surface area contributed by atoms with Gasteiger partial charge >= 0.3 is 0 Å². The number of nitrogens with two attached hydrogens (primary N) is 1. The Morgan fingerprint density at radius 1 is 1.29 bits per heavy atom. The smallest absolute Gasteiger partial charge is 0.233 e. The number of nitrogens with one attached hydrogen (secondary N) is 1. The Hall–Kier alpha value is -2.04. The van der Waals surface area contributed by atoms with Gasteiger partial charge in [0, 0.05) is 12.2 Å². The van der Waals surface area contributed by atoms with E-state index in [4.69, 9.17) is 22.1 Å². The van der Waals surface area contributed by atoms with Gasteiger partial charge in [0.1, 0.15) is 5.75 Å². The predicted octanol–water partition coefficient (Wildman–Crippen LogP) is 3.03. The summed E-state index contributed by atoms with van der Waals surface area (Å²) in [6.07, 6.45) is 0. The molecule has 0 heterocycles. The summed E-state index contributed by atoms with van der Waals surface area (Å²) < 4.78 is 5.08. The van der Waals surface area contributed by atoms with Crippen molar-refractivity contribution < 1.29 is 9.53 Å². The van der Waals surface area contributed by atoms with E-state index in [2.05, 4.69) is 5.32 Å². The maximum absolute atomic E-state index is 12.3. The van der Waals surface area contributed by atoms with Gasteiger partial charge in [0.25, 0.3) is 0 Å². The Morgan fingerprint density at radius 3 is 2.57 bits per heavy atom. The zero-order chi connectivity index (χ0) is 15.2. The zero-order valence-electron chi connectivity index (χ0n) is 11.7. The highest BCUT2D eigenvalue weighted by Crippen LogP contribution is 2.28. The van der Waals surface area contributed by atoms with E-state index in [1.165, 1.54) is 0 Å². The van der Waals surface area contributed by atoms with Gasteiger partial charge in [-0.2, -0.15) is 0 Å². The van der Waals surface area contributed by atoms with E-state index in [1.807, 2.05) is 30.3 Å². The zero-order valence-corrected chi connectivity index (χ0v) is 12.4. The van der Waals surface area contributed by atoms with Gasteiger partial charge in [-0.15, -0.1) is 0 Å². The summed E-state index contributed by atoms with van der Waals surface area (Å²) in [6.45, 7) is 0.236. The normalized spacial score (nSPS) is 11.8. The van der Waals surface area contributed by atoms with Crippen LogP contribution in [-0.2, 0) is 4.79 Å². The van der Waals surface area contributed by atoms with E-state index in [0.29, 0.717) is 16.5 Å². The molecule has 110 valence electrons. The highest BCUT2D eigenvalue weighted by atomic mass is 35.5. The molecule has 2 aromatic rings. The first-order chi connectivity index (χ1) is 10.2. The summed E-state index contributed by atoms with van der Waals surface area (Å²) in [6, 6.07) is 14.5. The number of rotatable bonds is 5. The number of carbonyl (C=O) groups is 1. The second-order valence-corrected chi connectivity index (χ2v) is 4.94. The van der Waals surface area contributed by atoms with Crippen molar-refractivity contribution in [3.63, 3.8) is 0 Å². The van der Waals surface area contributed by atoms with Crippen LogP contribution < -0.4 is 15.8 Å². The van der Waals surface area contributed by atoms with Crippen LogP contribution in [0.1, 0.15) is 11.5 Å². The third-order valence-electron chi connectivity index (χ3n) is 3.17. The largest absolute Gasteiger partial charge is 0.495 e. The molecule has 4 nitrogen and oxygen atoms in total. The van der Waals surface area contributed by atoms with Crippen LogP contribution >= 0.6 is 11.6 Å². The molecule has 1 atom stereocenters. The van der Waals surface area contributed by atoms with E-state index >= 15 is 0 Å². The summed E-state index contributed by atoms with van der Waals surface area (Å²) in [7, 11) is 1.54. The molecule has 5 heteroatoms. The SMILES string of the molecule is COc1ccc(NC(=O)C(CN)c2ccccc2)cc1Cl. The lowest BCUT2D eigenvalue weighted by Gasteiger charge is -2.15. The lowest BCUT2D eigenvalue weighted by Crippen LogP contribution is -2.27. The molecule has 0 fully saturated rings. The third-order valence-corrected chi connectivity index (χ3v) is 3.47. The summed E-state index contributed by atoms with van der Waals surface area (Å²) in [5, 5.41) is 3.27. The number of methoxy groups -OCH3 is 1. The van der Waals surface area contributed by atoms with Crippen molar-refractivity contribution in [3.05, 3.63) is 59.1 Å². The fraction of sp³-hybridized carbons (Fsp3) is 0.188. The standard InChI is InChI=1S/C16H17ClN2O2/c1-21-15-8-7-12(9-14(15)17)19-16(20)13(10-18)11-5-3-2-4-6-11/h2-9,13H,10,18H2,1H3,(H,19,20).